The van der Waals surface area contributed by atoms with Crippen molar-refractivity contribution in [3.8, 4) is 11.5 Å². The monoisotopic (exact) mass is 628 g/mol. The maximum absolute atomic E-state index is 13.7. The molecule has 2 aromatic rings. The number of rotatable bonds is 7. The molecule has 12 heteroatoms. The van der Waals surface area contributed by atoms with Gasteiger partial charge in [0.2, 0.25) is 11.8 Å². The molecule has 4 N–H and O–H groups in total. The summed E-state index contributed by atoms with van der Waals surface area (Å²) in [5, 5.41) is 6.74. The number of amides is 2. The van der Waals surface area contributed by atoms with Crippen LogP contribution in [0.4, 0.5) is 11.5 Å². The summed E-state index contributed by atoms with van der Waals surface area (Å²) in [5.41, 5.74) is 8.76. The van der Waals surface area contributed by atoms with Crippen molar-refractivity contribution in [3.63, 3.8) is 0 Å². The maximum atomic E-state index is 13.7. The lowest BCUT2D eigenvalue weighted by molar-refractivity contribution is -0.135. The molecule has 0 radical (unpaired) electrons. The molecule has 3 fully saturated rings. The zero-order valence-electron chi connectivity index (χ0n) is 26.3. The molecule has 1 aromatic carbocycles. The van der Waals surface area contributed by atoms with Gasteiger partial charge in [0.15, 0.2) is 17.3 Å². The van der Waals surface area contributed by atoms with E-state index in [0.717, 1.165) is 94.6 Å². The summed E-state index contributed by atoms with van der Waals surface area (Å²) in [6, 6.07) is 6.74. The molecule has 5 heterocycles. The first-order chi connectivity index (χ1) is 22.4. The number of anilines is 2. The Kier molecular flexibility index (Phi) is 9.01. The fourth-order valence-electron chi connectivity index (χ4n) is 7.52. The van der Waals surface area contributed by atoms with Crippen molar-refractivity contribution >= 4 is 29.5 Å². The highest BCUT2D eigenvalue weighted by Crippen LogP contribution is 2.43. The molecular formula is C34H44N8O4. The van der Waals surface area contributed by atoms with Crippen LogP contribution in [-0.2, 0) is 9.59 Å². The quantitative estimate of drug-likeness (QED) is 0.359. The van der Waals surface area contributed by atoms with Crippen molar-refractivity contribution in [2.75, 3.05) is 44.6 Å². The van der Waals surface area contributed by atoms with Crippen molar-refractivity contribution in [2.45, 2.75) is 81.8 Å². The summed E-state index contributed by atoms with van der Waals surface area (Å²) in [7, 11) is 0. The second-order valence-electron chi connectivity index (χ2n) is 13.4. The minimum absolute atomic E-state index is 0.0990. The molecule has 0 spiro atoms. The van der Waals surface area contributed by atoms with Crippen LogP contribution in [0.5, 0.6) is 11.5 Å². The molecule has 244 valence electrons. The molecule has 7 rings (SSSR count). The number of nitrogens with one attached hydrogen (secondary N) is 2. The van der Waals surface area contributed by atoms with E-state index in [2.05, 4.69) is 37.6 Å². The van der Waals surface area contributed by atoms with E-state index in [9.17, 15) is 14.4 Å². The third-order valence-electron chi connectivity index (χ3n) is 10.3. The maximum Gasteiger partial charge on any atom is 0.350 e. The number of dihydropyridines is 1. The van der Waals surface area contributed by atoms with Gasteiger partial charge in [-0.3, -0.25) is 19.1 Å². The Bertz CT molecular complexity index is 1580. The lowest BCUT2D eigenvalue weighted by Gasteiger charge is -2.38. The highest BCUT2D eigenvalue weighted by Gasteiger charge is 2.30. The molecular weight excluding hydrogens is 584 g/mol. The van der Waals surface area contributed by atoms with Gasteiger partial charge in [-0.1, -0.05) is 12.1 Å². The van der Waals surface area contributed by atoms with Gasteiger partial charge in [0.25, 0.3) is 0 Å². The number of likely N-dealkylation sites (tertiary alicyclic amines) is 1. The molecule has 0 atom stereocenters. The molecule has 1 aromatic heterocycles. The van der Waals surface area contributed by atoms with Gasteiger partial charge in [-0.05, 0) is 107 Å². The number of benzene rings is 1. The van der Waals surface area contributed by atoms with Crippen LogP contribution in [0.25, 0.3) is 0 Å². The highest BCUT2D eigenvalue weighted by atomic mass is 16.5. The average molecular weight is 629 g/mol. The summed E-state index contributed by atoms with van der Waals surface area (Å²) in [6.07, 6.45) is 12.9. The van der Waals surface area contributed by atoms with Crippen LogP contribution in [-0.4, -0.2) is 88.7 Å². The van der Waals surface area contributed by atoms with Crippen LogP contribution in [0, 0.1) is 0 Å². The summed E-state index contributed by atoms with van der Waals surface area (Å²) >= 11 is 0. The molecule has 46 heavy (non-hydrogen) atoms. The lowest BCUT2D eigenvalue weighted by atomic mass is 9.89. The predicted octanol–water partition coefficient (Wildman–Crippen LogP) is 3.22. The van der Waals surface area contributed by atoms with Gasteiger partial charge in [0.1, 0.15) is 0 Å². The van der Waals surface area contributed by atoms with Crippen LogP contribution in [0.1, 0.15) is 75.3 Å². The zero-order valence-corrected chi connectivity index (χ0v) is 26.3. The third-order valence-corrected chi connectivity index (χ3v) is 10.3. The van der Waals surface area contributed by atoms with Crippen LogP contribution < -0.4 is 26.8 Å². The van der Waals surface area contributed by atoms with Crippen LogP contribution in [0.15, 0.2) is 45.8 Å². The van der Waals surface area contributed by atoms with E-state index in [-0.39, 0.29) is 35.6 Å². The number of fused-ring (bicyclic) bond motifs is 2. The summed E-state index contributed by atoms with van der Waals surface area (Å²) < 4.78 is 7.94. The Morgan fingerprint density at radius 2 is 1.80 bits per heavy atom. The first kappa shape index (κ1) is 30.8. The standard InChI is InChI=1S/C34H44N8O4/c35-25-3-5-26(6-4-25)42-20-30-33(39-34(42)45)38-28-17-24(2-7-29(28)46-30)23-11-15-40(16-12-23)21-32(44)41(27-9-13-36-14-10-27)19-22-1-8-31(43)37-18-22/h1-2,7,17-18,20,23,25-27,36H,3-6,8-16,19,21,35H2,(H,38,39,45). The Hall–Kier alpha value is -3.87. The van der Waals surface area contributed by atoms with Crippen molar-refractivity contribution in [2.24, 2.45) is 10.7 Å². The number of aromatic nitrogens is 2. The number of aliphatic imine (C=N–C) groups is 1. The molecule has 4 aliphatic heterocycles. The van der Waals surface area contributed by atoms with Crippen molar-refractivity contribution < 1.29 is 14.3 Å². The number of carbonyl (C=O) groups is 2. The van der Waals surface area contributed by atoms with Crippen LogP contribution in [0.2, 0.25) is 0 Å². The van der Waals surface area contributed by atoms with Crippen molar-refractivity contribution in [3.05, 3.63) is 52.1 Å². The Morgan fingerprint density at radius 3 is 2.54 bits per heavy atom. The Morgan fingerprint density at radius 1 is 1.02 bits per heavy atom. The van der Waals surface area contributed by atoms with Gasteiger partial charge in [-0.2, -0.15) is 4.98 Å². The van der Waals surface area contributed by atoms with E-state index in [4.69, 9.17) is 10.5 Å². The number of hydrogen-bond acceptors (Lipinski definition) is 9. The highest BCUT2D eigenvalue weighted by molar-refractivity contribution is 5.96. The second kappa shape index (κ2) is 13.5. The summed E-state index contributed by atoms with van der Waals surface area (Å²) in [6.45, 7) is 4.39. The third kappa shape index (κ3) is 6.79. The minimum Gasteiger partial charge on any atom is -0.450 e. The average Bonchev–Trinajstić information content (AvgIpc) is 3.08. The number of nitrogens with zero attached hydrogens (tertiary/aromatic N) is 5. The molecule has 1 aliphatic carbocycles. The van der Waals surface area contributed by atoms with Gasteiger partial charge in [0.05, 0.1) is 18.4 Å². The normalized spacial score (nSPS) is 23.9. The minimum atomic E-state index is -0.269. The van der Waals surface area contributed by atoms with Crippen LogP contribution in [0.3, 0.4) is 0 Å². The van der Waals surface area contributed by atoms with Gasteiger partial charge in [-0.15, -0.1) is 0 Å². The summed E-state index contributed by atoms with van der Waals surface area (Å²) in [5.74, 6) is 2.10. The molecule has 2 saturated heterocycles. The fraction of sp³-hybridized carbons (Fsp3) is 0.559. The fourth-order valence-corrected chi connectivity index (χ4v) is 7.52. The van der Waals surface area contributed by atoms with Gasteiger partial charge < -0.3 is 26.0 Å². The first-order valence-corrected chi connectivity index (χ1v) is 16.9. The SMILES string of the molecule is NC1CCC(n2cc3c(nc2=O)Nc2cc(C4CCN(CC(=O)N(CC5=CCC(=O)N=C5)C5CCNCC5)CC4)ccc2O3)CC1. The largest absolute Gasteiger partial charge is 0.450 e. The molecule has 1 saturated carbocycles. The van der Waals surface area contributed by atoms with Gasteiger partial charge in [0, 0.05) is 37.3 Å². The van der Waals surface area contributed by atoms with E-state index >= 15 is 0 Å². The topological polar surface area (TPSA) is 147 Å². The molecule has 0 bridgehead atoms. The van der Waals surface area contributed by atoms with Crippen molar-refractivity contribution in [1.29, 1.82) is 0 Å². The van der Waals surface area contributed by atoms with E-state index in [1.54, 1.807) is 17.0 Å². The summed E-state index contributed by atoms with van der Waals surface area (Å²) in [4.78, 5) is 50.7. The number of ether oxygens (including phenoxy) is 1. The molecule has 0 unspecified atom stereocenters. The van der Waals surface area contributed by atoms with E-state index < -0.39 is 0 Å². The lowest BCUT2D eigenvalue weighted by Crippen LogP contribution is -2.51. The predicted molar refractivity (Wildman–Crippen MR) is 176 cm³/mol. The molecule has 12 nitrogen and oxygen atoms in total. The van der Waals surface area contributed by atoms with Gasteiger partial charge >= 0.3 is 5.69 Å². The number of hydrogen-bond donors (Lipinski definition) is 3. The smallest absolute Gasteiger partial charge is 0.350 e. The van der Waals surface area contributed by atoms with E-state index in [0.29, 0.717) is 37.0 Å². The van der Waals surface area contributed by atoms with Crippen molar-refractivity contribution in [1.82, 2.24) is 24.7 Å². The first-order valence-electron chi connectivity index (χ1n) is 16.9. The van der Waals surface area contributed by atoms with E-state index in [1.807, 2.05) is 17.0 Å². The Labute approximate surface area is 269 Å². The zero-order chi connectivity index (χ0) is 31.6. The number of piperidine rings is 2. The molecule has 2 amide bonds. The number of nitrogens with two attached hydrogens (primary N) is 1. The van der Waals surface area contributed by atoms with E-state index in [1.165, 1.54) is 5.56 Å². The Balaban J connectivity index is 0.967. The van der Waals surface area contributed by atoms with Crippen LogP contribution >= 0.6 is 0 Å². The molecule has 5 aliphatic rings. The number of carbonyl (C=O) groups excluding carboxylic acids is 2. The van der Waals surface area contributed by atoms with Gasteiger partial charge in [-0.25, -0.2) is 9.79 Å². The second-order valence-corrected chi connectivity index (χ2v) is 13.4.